The number of alkyl halides is 2. The van der Waals surface area contributed by atoms with Crippen LogP contribution in [-0.4, -0.2) is 35.9 Å². The van der Waals surface area contributed by atoms with Crippen LogP contribution in [-0.2, 0) is 9.53 Å². The van der Waals surface area contributed by atoms with Gasteiger partial charge in [-0.2, -0.15) is 11.8 Å². The van der Waals surface area contributed by atoms with E-state index in [2.05, 4.69) is 19.1 Å². The summed E-state index contributed by atoms with van der Waals surface area (Å²) in [6, 6.07) is 0. The Labute approximate surface area is 141 Å². The Balaban J connectivity index is 2.03. The van der Waals surface area contributed by atoms with Crippen molar-refractivity contribution in [2.45, 2.75) is 57.1 Å². The number of ether oxygens (including phenoxy) is 1. The Morgan fingerprint density at radius 1 is 1.35 bits per heavy atom. The predicted molar refractivity (Wildman–Crippen MR) is 91.0 cm³/mol. The Bertz CT molecular complexity index is 454. The minimum atomic E-state index is -1.39. The summed E-state index contributed by atoms with van der Waals surface area (Å²) in [6.07, 6.45) is 5.22. The summed E-state index contributed by atoms with van der Waals surface area (Å²) in [5, 5.41) is 0.448. The standard InChI is InChI=1S/C18H26F2O2S/c1-3-22-18(21)15(9-12-10-16(19)17(20)11-12)13-5-7-14(8-6-13)23-4-2/h5-7,12,14-17H,3-4,8-11H2,1-2H3/t12?,14?,15?,16-,17+. The molecule has 0 heterocycles. The first-order valence-corrected chi connectivity index (χ1v) is 9.54. The molecule has 0 spiro atoms. The van der Waals surface area contributed by atoms with Gasteiger partial charge in [0.05, 0.1) is 12.5 Å². The lowest BCUT2D eigenvalue weighted by atomic mass is 9.85. The van der Waals surface area contributed by atoms with Gasteiger partial charge in [0.25, 0.3) is 0 Å². The van der Waals surface area contributed by atoms with E-state index >= 15 is 0 Å². The molecule has 0 aliphatic heterocycles. The van der Waals surface area contributed by atoms with Crippen LogP contribution in [0.4, 0.5) is 8.78 Å². The molecule has 0 radical (unpaired) electrons. The summed E-state index contributed by atoms with van der Waals surface area (Å²) in [4.78, 5) is 12.3. The lowest BCUT2D eigenvalue weighted by Crippen LogP contribution is -2.23. The molecule has 3 unspecified atom stereocenters. The Morgan fingerprint density at radius 2 is 2.04 bits per heavy atom. The monoisotopic (exact) mass is 344 g/mol. The Kier molecular flexibility index (Phi) is 7.12. The maximum absolute atomic E-state index is 13.4. The summed E-state index contributed by atoms with van der Waals surface area (Å²) in [6.45, 7) is 4.22. The molecule has 2 nitrogen and oxygen atoms in total. The molecule has 0 aromatic heterocycles. The lowest BCUT2D eigenvalue weighted by molar-refractivity contribution is -0.147. The van der Waals surface area contributed by atoms with Crippen LogP contribution in [0.5, 0.6) is 0 Å². The fourth-order valence-corrected chi connectivity index (χ4v) is 4.23. The molecule has 5 atom stereocenters. The second kappa shape index (κ2) is 8.86. The van der Waals surface area contributed by atoms with Gasteiger partial charge in [-0.15, -0.1) is 0 Å². The summed E-state index contributed by atoms with van der Waals surface area (Å²) < 4.78 is 32.0. The summed E-state index contributed by atoms with van der Waals surface area (Å²) in [5.74, 6) is 0.285. The van der Waals surface area contributed by atoms with Crippen LogP contribution in [0.3, 0.4) is 0 Å². The van der Waals surface area contributed by atoms with Gasteiger partial charge in [0.2, 0.25) is 0 Å². The fraction of sp³-hybridized carbons (Fsp3) is 0.722. The zero-order valence-corrected chi connectivity index (χ0v) is 14.7. The minimum Gasteiger partial charge on any atom is -0.466 e. The third kappa shape index (κ3) is 5.07. The van der Waals surface area contributed by atoms with Crippen molar-refractivity contribution in [1.82, 2.24) is 0 Å². The van der Waals surface area contributed by atoms with Crippen LogP contribution in [0.15, 0.2) is 23.8 Å². The van der Waals surface area contributed by atoms with Gasteiger partial charge in [0.15, 0.2) is 0 Å². The molecule has 0 saturated heterocycles. The highest BCUT2D eigenvalue weighted by molar-refractivity contribution is 8.00. The van der Waals surface area contributed by atoms with Crippen molar-refractivity contribution in [3.8, 4) is 0 Å². The molecule has 0 N–H and O–H groups in total. The molecule has 0 aromatic rings. The van der Waals surface area contributed by atoms with E-state index < -0.39 is 18.3 Å². The summed E-state index contributed by atoms with van der Waals surface area (Å²) in [7, 11) is 0. The highest BCUT2D eigenvalue weighted by Crippen LogP contribution is 2.38. The van der Waals surface area contributed by atoms with E-state index in [0.717, 1.165) is 17.7 Å². The topological polar surface area (TPSA) is 26.3 Å². The molecule has 130 valence electrons. The number of hydrogen-bond acceptors (Lipinski definition) is 3. The SMILES string of the molecule is CCOC(=O)C(CC1C[C@@H](F)[C@@H](F)C1)C1=CCC(SCC)C=C1. The maximum atomic E-state index is 13.4. The first-order valence-electron chi connectivity index (χ1n) is 8.49. The molecule has 23 heavy (non-hydrogen) atoms. The summed E-state index contributed by atoms with van der Waals surface area (Å²) in [5.41, 5.74) is 0.939. The highest BCUT2D eigenvalue weighted by Gasteiger charge is 2.37. The number of rotatable bonds is 7. The van der Waals surface area contributed by atoms with Gasteiger partial charge < -0.3 is 4.74 Å². The van der Waals surface area contributed by atoms with Crippen LogP contribution in [0, 0.1) is 11.8 Å². The zero-order chi connectivity index (χ0) is 16.8. The predicted octanol–water partition coefficient (Wildman–Crippen LogP) is 4.65. The van der Waals surface area contributed by atoms with E-state index in [1.54, 1.807) is 6.92 Å². The highest BCUT2D eigenvalue weighted by atomic mass is 32.2. The molecule has 1 fully saturated rings. The van der Waals surface area contributed by atoms with Crippen molar-refractivity contribution < 1.29 is 18.3 Å². The summed E-state index contributed by atoms with van der Waals surface area (Å²) >= 11 is 1.87. The van der Waals surface area contributed by atoms with Crippen molar-refractivity contribution in [1.29, 1.82) is 0 Å². The van der Waals surface area contributed by atoms with Crippen molar-refractivity contribution in [3.05, 3.63) is 23.8 Å². The quantitative estimate of drug-likeness (QED) is 0.629. The van der Waals surface area contributed by atoms with Gasteiger partial charge in [-0.3, -0.25) is 4.79 Å². The number of carbonyl (C=O) groups is 1. The normalized spacial score (nSPS) is 31.7. The van der Waals surface area contributed by atoms with Gasteiger partial charge in [0.1, 0.15) is 12.3 Å². The van der Waals surface area contributed by atoms with E-state index in [-0.39, 0.29) is 24.7 Å². The second-order valence-corrected chi connectivity index (χ2v) is 7.72. The molecule has 2 aliphatic rings. The number of halogens is 2. The number of allylic oxidation sites excluding steroid dienone is 2. The van der Waals surface area contributed by atoms with Crippen LogP contribution in [0.2, 0.25) is 0 Å². The molecule has 1 saturated carbocycles. The molecule has 5 heteroatoms. The van der Waals surface area contributed by atoms with E-state index in [1.165, 1.54) is 0 Å². The largest absolute Gasteiger partial charge is 0.466 e. The Morgan fingerprint density at radius 3 is 2.57 bits per heavy atom. The van der Waals surface area contributed by atoms with Crippen molar-refractivity contribution in [2.75, 3.05) is 12.4 Å². The van der Waals surface area contributed by atoms with Crippen molar-refractivity contribution in [3.63, 3.8) is 0 Å². The average Bonchev–Trinajstić information content (AvgIpc) is 2.85. The van der Waals surface area contributed by atoms with Crippen LogP contribution in [0.1, 0.15) is 39.5 Å². The van der Waals surface area contributed by atoms with Crippen LogP contribution in [0.25, 0.3) is 0 Å². The minimum absolute atomic E-state index is 0.0913. The molecular weight excluding hydrogens is 318 g/mol. The average molecular weight is 344 g/mol. The third-order valence-corrected chi connectivity index (χ3v) is 5.63. The third-order valence-electron chi connectivity index (χ3n) is 4.52. The maximum Gasteiger partial charge on any atom is 0.313 e. The van der Waals surface area contributed by atoms with E-state index in [1.807, 2.05) is 17.8 Å². The molecule has 2 rings (SSSR count). The van der Waals surface area contributed by atoms with Gasteiger partial charge >= 0.3 is 5.97 Å². The number of carbonyl (C=O) groups excluding carboxylic acids is 1. The van der Waals surface area contributed by atoms with Crippen LogP contribution < -0.4 is 0 Å². The van der Waals surface area contributed by atoms with Crippen molar-refractivity contribution in [2.24, 2.45) is 11.8 Å². The smallest absolute Gasteiger partial charge is 0.313 e. The molecule has 0 bridgehead atoms. The number of esters is 1. The van der Waals surface area contributed by atoms with E-state index in [4.69, 9.17) is 4.74 Å². The van der Waals surface area contributed by atoms with Gasteiger partial charge in [-0.25, -0.2) is 8.78 Å². The molecule has 2 aliphatic carbocycles. The van der Waals surface area contributed by atoms with Crippen LogP contribution >= 0.6 is 11.8 Å². The Hall–Kier alpha value is -0.840. The van der Waals surface area contributed by atoms with E-state index in [0.29, 0.717) is 18.3 Å². The number of hydrogen-bond donors (Lipinski definition) is 0. The zero-order valence-electron chi connectivity index (χ0n) is 13.8. The van der Waals surface area contributed by atoms with Gasteiger partial charge in [0, 0.05) is 5.25 Å². The molecule has 0 aromatic carbocycles. The second-order valence-electron chi connectivity index (χ2n) is 6.20. The lowest BCUT2D eigenvalue weighted by Gasteiger charge is -2.23. The number of thioether (sulfide) groups is 1. The first kappa shape index (κ1) is 18.5. The van der Waals surface area contributed by atoms with Gasteiger partial charge in [-0.05, 0) is 49.9 Å². The first-order chi connectivity index (χ1) is 11.0. The van der Waals surface area contributed by atoms with Crippen molar-refractivity contribution >= 4 is 17.7 Å². The van der Waals surface area contributed by atoms with E-state index in [9.17, 15) is 13.6 Å². The fourth-order valence-electron chi connectivity index (χ4n) is 3.38. The molecular formula is C18H26F2O2S. The van der Waals surface area contributed by atoms with Gasteiger partial charge in [-0.1, -0.05) is 25.2 Å². The molecule has 0 amide bonds.